The molecule has 0 radical (unpaired) electrons. The molecule has 0 fully saturated rings. The second kappa shape index (κ2) is 6.16. The highest BCUT2D eigenvalue weighted by Gasteiger charge is 2.14. The van der Waals surface area contributed by atoms with Gasteiger partial charge in [0.2, 0.25) is 0 Å². The molecule has 24 heavy (non-hydrogen) atoms. The predicted molar refractivity (Wildman–Crippen MR) is 89.7 cm³/mol. The van der Waals surface area contributed by atoms with Crippen molar-refractivity contribution < 1.29 is 4.92 Å². The zero-order valence-electron chi connectivity index (χ0n) is 12.4. The Morgan fingerprint density at radius 1 is 1.00 bits per heavy atom. The van der Waals surface area contributed by atoms with Gasteiger partial charge in [-0.15, -0.1) is 10.2 Å². The lowest BCUT2D eigenvalue weighted by Crippen LogP contribution is -2.01. The summed E-state index contributed by atoms with van der Waals surface area (Å²) in [5, 5.41) is 22.8. The van der Waals surface area contributed by atoms with E-state index in [0.717, 1.165) is 5.69 Å². The van der Waals surface area contributed by atoms with Gasteiger partial charge in [0.15, 0.2) is 17.3 Å². The van der Waals surface area contributed by atoms with Crippen LogP contribution in [-0.4, -0.2) is 14.7 Å². The highest BCUT2D eigenvalue weighted by atomic mass is 16.6. The smallest absolute Gasteiger partial charge is 0.269 e. The molecule has 0 unspecified atom stereocenters. The number of benzene rings is 2. The first-order chi connectivity index (χ1) is 11.6. The maximum absolute atomic E-state index is 10.6. The van der Waals surface area contributed by atoms with Crippen LogP contribution in [0.25, 0.3) is 5.69 Å². The third-order valence-electron chi connectivity index (χ3n) is 3.25. The van der Waals surface area contributed by atoms with E-state index in [0.29, 0.717) is 5.69 Å². The Labute approximate surface area is 136 Å². The van der Waals surface area contributed by atoms with Crippen LogP contribution in [0.5, 0.6) is 0 Å². The van der Waals surface area contributed by atoms with Crippen LogP contribution in [0, 0.1) is 10.1 Å². The predicted octanol–water partition coefficient (Wildman–Crippen LogP) is 3.36. The summed E-state index contributed by atoms with van der Waals surface area (Å²) in [6.45, 7) is 0. The lowest BCUT2D eigenvalue weighted by Gasteiger charge is -2.02. The Hall–Kier alpha value is -3.75. The molecule has 0 bridgehead atoms. The minimum Gasteiger partial charge on any atom is -0.382 e. The van der Waals surface area contributed by atoms with Crippen LogP contribution in [0.15, 0.2) is 64.8 Å². The van der Waals surface area contributed by atoms with Crippen LogP contribution < -0.4 is 11.5 Å². The Kier molecular flexibility index (Phi) is 3.89. The summed E-state index contributed by atoms with van der Waals surface area (Å²) < 4.78 is 1.47. The highest BCUT2D eigenvalue weighted by Crippen LogP contribution is 2.32. The van der Waals surface area contributed by atoms with Gasteiger partial charge in [0, 0.05) is 12.1 Å². The van der Waals surface area contributed by atoms with Crippen molar-refractivity contribution in [2.75, 3.05) is 11.5 Å². The molecule has 0 saturated carbocycles. The molecule has 2 aromatic carbocycles. The van der Waals surface area contributed by atoms with Crippen LogP contribution >= 0.6 is 0 Å². The van der Waals surface area contributed by atoms with Crippen molar-refractivity contribution in [2.45, 2.75) is 0 Å². The number of nitrogens with zero attached hydrogens (tertiary/aromatic N) is 5. The molecule has 3 aromatic rings. The average Bonchev–Trinajstić information content (AvgIpc) is 2.88. The van der Waals surface area contributed by atoms with Gasteiger partial charge >= 0.3 is 0 Å². The van der Waals surface area contributed by atoms with E-state index in [-0.39, 0.29) is 23.0 Å². The van der Waals surface area contributed by atoms with Crippen LogP contribution in [-0.2, 0) is 0 Å². The molecular weight excluding hydrogens is 310 g/mol. The highest BCUT2D eigenvalue weighted by molar-refractivity contribution is 5.73. The SMILES string of the molecule is Nc1nn(-c2ccccc2)c(N)c1N=Nc1ccc([N+](=O)[O-])cc1. The lowest BCUT2D eigenvalue weighted by molar-refractivity contribution is -0.384. The Balaban J connectivity index is 1.90. The van der Waals surface area contributed by atoms with Gasteiger partial charge in [-0.2, -0.15) is 5.11 Å². The Morgan fingerprint density at radius 2 is 1.67 bits per heavy atom. The number of aromatic nitrogens is 2. The van der Waals surface area contributed by atoms with Gasteiger partial charge in [-0.1, -0.05) is 18.2 Å². The van der Waals surface area contributed by atoms with Crippen LogP contribution in [0.4, 0.5) is 28.7 Å². The molecule has 0 aliphatic heterocycles. The van der Waals surface area contributed by atoms with Gasteiger partial charge in [0.25, 0.3) is 5.69 Å². The molecule has 4 N–H and O–H groups in total. The van der Waals surface area contributed by atoms with Crippen molar-refractivity contribution in [1.29, 1.82) is 0 Å². The van der Waals surface area contributed by atoms with Crippen LogP contribution in [0.1, 0.15) is 0 Å². The maximum Gasteiger partial charge on any atom is 0.269 e. The minimum atomic E-state index is -0.485. The molecule has 0 aliphatic rings. The van der Waals surface area contributed by atoms with E-state index in [1.807, 2.05) is 30.3 Å². The number of nitrogens with two attached hydrogens (primary N) is 2. The van der Waals surface area contributed by atoms with Gasteiger partial charge in [-0.25, -0.2) is 4.68 Å². The largest absolute Gasteiger partial charge is 0.382 e. The van der Waals surface area contributed by atoms with Crippen molar-refractivity contribution in [2.24, 2.45) is 10.2 Å². The van der Waals surface area contributed by atoms with E-state index in [2.05, 4.69) is 15.3 Å². The van der Waals surface area contributed by atoms with Crippen molar-refractivity contribution in [3.8, 4) is 5.69 Å². The quantitative estimate of drug-likeness (QED) is 0.430. The fraction of sp³-hybridized carbons (Fsp3) is 0. The number of hydrogen-bond donors (Lipinski definition) is 2. The number of nitro benzene ring substituents is 1. The number of para-hydroxylation sites is 1. The summed E-state index contributed by atoms with van der Waals surface area (Å²) in [4.78, 5) is 10.1. The van der Waals surface area contributed by atoms with E-state index in [1.165, 1.54) is 28.9 Å². The number of azo groups is 1. The third kappa shape index (κ3) is 2.90. The number of hydrogen-bond acceptors (Lipinski definition) is 7. The molecule has 0 saturated heterocycles. The Bertz CT molecular complexity index is 902. The summed E-state index contributed by atoms with van der Waals surface area (Å²) in [6.07, 6.45) is 0. The molecule has 3 rings (SSSR count). The molecule has 0 spiro atoms. The monoisotopic (exact) mass is 323 g/mol. The topological polar surface area (TPSA) is 138 Å². The fourth-order valence-electron chi connectivity index (χ4n) is 2.06. The molecule has 0 aliphatic carbocycles. The van der Waals surface area contributed by atoms with E-state index >= 15 is 0 Å². The van der Waals surface area contributed by atoms with Gasteiger partial charge in [0.1, 0.15) is 0 Å². The van der Waals surface area contributed by atoms with Crippen molar-refractivity contribution in [3.63, 3.8) is 0 Å². The average molecular weight is 323 g/mol. The summed E-state index contributed by atoms with van der Waals surface area (Å²) in [7, 11) is 0. The normalized spacial score (nSPS) is 11.0. The zero-order valence-corrected chi connectivity index (χ0v) is 12.4. The molecule has 9 heteroatoms. The summed E-state index contributed by atoms with van der Waals surface area (Å²) in [5.41, 5.74) is 13.3. The molecular formula is C15H13N7O2. The van der Waals surface area contributed by atoms with Gasteiger partial charge in [-0.3, -0.25) is 10.1 Å². The molecule has 120 valence electrons. The number of rotatable bonds is 4. The summed E-state index contributed by atoms with van der Waals surface area (Å²) >= 11 is 0. The first-order valence-electron chi connectivity index (χ1n) is 6.92. The third-order valence-corrected chi connectivity index (χ3v) is 3.25. The lowest BCUT2D eigenvalue weighted by atomic mass is 10.3. The van der Waals surface area contributed by atoms with Crippen LogP contribution in [0.2, 0.25) is 0 Å². The maximum atomic E-state index is 10.6. The Morgan fingerprint density at radius 3 is 2.29 bits per heavy atom. The van der Waals surface area contributed by atoms with Gasteiger partial charge < -0.3 is 11.5 Å². The number of nitro groups is 1. The number of nitrogen functional groups attached to an aromatic ring is 2. The van der Waals surface area contributed by atoms with Crippen LogP contribution in [0.3, 0.4) is 0 Å². The number of non-ortho nitro benzene ring substituents is 1. The summed E-state index contributed by atoms with van der Waals surface area (Å²) in [5.74, 6) is 0.395. The zero-order chi connectivity index (χ0) is 17.1. The second-order valence-electron chi connectivity index (χ2n) is 4.84. The minimum absolute atomic E-state index is 0.0233. The second-order valence-corrected chi connectivity index (χ2v) is 4.84. The first kappa shape index (κ1) is 15.2. The standard InChI is InChI=1S/C15H13N7O2/c16-14-13(15(17)21(20-14)11-4-2-1-3-5-11)19-18-10-6-8-12(9-7-10)22(23)24/h1-9H,17H2,(H2,16,20). The molecule has 0 amide bonds. The molecule has 9 nitrogen and oxygen atoms in total. The van der Waals surface area contributed by atoms with E-state index in [1.54, 1.807) is 0 Å². The van der Waals surface area contributed by atoms with Gasteiger partial charge in [-0.05, 0) is 24.3 Å². The fourth-order valence-corrected chi connectivity index (χ4v) is 2.06. The van der Waals surface area contributed by atoms with Crippen molar-refractivity contribution >= 4 is 28.7 Å². The van der Waals surface area contributed by atoms with E-state index < -0.39 is 4.92 Å². The molecule has 1 heterocycles. The summed E-state index contributed by atoms with van der Waals surface area (Å²) in [6, 6.07) is 14.9. The van der Waals surface area contributed by atoms with E-state index in [4.69, 9.17) is 11.5 Å². The van der Waals surface area contributed by atoms with Crippen molar-refractivity contribution in [3.05, 3.63) is 64.7 Å². The molecule has 1 aromatic heterocycles. The van der Waals surface area contributed by atoms with Gasteiger partial charge in [0.05, 0.1) is 16.3 Å². The molecule has 0 atom stereocenters. The number of anilines is 2. The van der Waals surface area contributed by atoms with E-state index in [9.17, 15) is 10.1 Å². The van der Waals surface area contributed by atoms with Crippen molar-refractivity contribution in [1.82, 2.24) is 9.78 Å². The first-order valence-corrected chi connectivity index (χ1v) is 6.92.